The minimum absolute atomic E-state index is 0.326. The number of anilines is 5. The Morgan fingerprint density at radius 2 is 1.88 bits per heavy atom. The first-order chi connectivity index (χ1) is 15.1. The predicted octanol–water partition coefficient (Wildman–Crippen LogP) is 3.11. The zero-order chi connectivity index (χ0) is 23.0. The SMILES string of the molecule is Cc1cc(Nc2ncc(Br)c(Nc3ccc4nccnc4c3N(C)S(C)(=O)=O)n2)nn1C. The van der Waals surface area contributed by atoms with Gasteiger partial charge in [0.2, 0.25) is 16.0 Å². The molecular weight excluding hydrogens is 498 g/mol. The molecule has 32 heavy (non-hydrogen) atoms. The average molecular weight is 518 g/mol. The second-order valence-electron chi connectivity index (χ2n) is 7.05. The summed E-state index contributed by atoms with van der Waals surface area (Å²) in [6.07, 6.45) is 5.79. The van der Waals surface area contributed by atoms with Gasteiger partial charge in [0.15, 0.2) is 5.82 Å². The van der Waals surface area contributed by atoms with Gasteiger partial charge in [-0.05, 0) is 35.0 Å². The number of benzene rings is 1. The van der Waals surface area contributed by atoms with E-state index in [4.69, 9.17) is 0 Å². The maximum absolute atomic E-state index is 12.3. The Balaban J connectivity index is 1.76. The van der Waals surface area contributed by atoms with Crippen molar-refractivity contribution >= 4 is 65.9 Å². The van der Waals surface area contributed by atoms with E-state index in [9.17, 15) is 8.42 Å². The van der Waals surface area contributed by atoms with Crippen LogP contribution in [0.15, 0.2) is 41.3 Å². The van der Waals surface area contributed by atoms with Gasteiger partial charge in [0.25, 0.3) is 0 Å². The Morgan fingerprint density at radius 1 is 1.12 bits per heavy atom. The van der Waals surface area contributed by atoms with Crippen LogP contribution in [0.3, 0.4) is 0 Å². The van der Waals surface area contributed by atoms with E-state index in [0.717, 1.165) is 16.3 Å². The molecule has 13 heteroatoms. The zero-order valence-electron chi connectivity index (χ0n) is 17.7. The zero-order valence-corrected chi connectivity index (χ0v) is 20.1. The Kier molecular flexibility index (Phi) is 5.69. The van der Waals surface area contributed by atoms with Gasteiger partial charge in [-0.15, -0.1) is 0 Å². The molecule has 0 aliphatic heterocycles. The molecule has 0 unspecified atom stereocenters. The Morgan fingerprint density at radius 3 is 2.56 bits per heavy atom. The van der Waals surface area contributed by atoms with E-state index in [2.05, 4.69) is 51.6 Å². The number of fused-ring (bicyclic) bond motifs is 1. The van der Waals surface area contributed by atoms with Crippen LogP contribution in [0, 0.1) is 6.92 Å². The molecule has 0 spiro atoms. The van der Waals surface area contributed by atoms with Gasteiger partial charge in [-0.1, -0.05) is 0 Å². The van der Waals surface area contributed by atoms with Crippen LogP contribution in [-0.4, -0.2) is 51.4 Å². The molecule has 1 aromatic carbocycles. The first-order valence-electron chi connectivity index (χ1n) is 9.38. The molecular formula is C19H20BrN9O2S. The average Bonchev–Trinajstić information content (AvgIpc) is 3.06. The molecule has 0 radical (unpaired) electrons. The van der Waals surface area contributed by atoms with E-state index < -0.39 is 10.0 Å². The first kappa shape index (κ1) is 21.9. The summed E-state index contributed by atoms with van der Waals surface area (Å²) in [5.74, 6) is 1.37. The third kappa shape index (κ3) is 4.34. The molecule has 0 atom stereocenters. The standard InChI is InChI=1S/C19H20BrN9O2S/c1-11-9-15(27-28(11)2)25-19-23-10-12(20)18(26-19)24-14-6-5-13-16(22-8-7-21-13)17(14)29(3)32(4,30)31/h5-10H,1-4H3,(H2,23,24,25,26,27). The minimum atomic E-state index is -3.56. The minimum Gasteiger partial charge on any atom is -0.337 e. The van der Waals surface area contributed by atoms with E-state index in [1.807, 2.05) is 20.0 Å². The van der Waals surface area contributed by atoms with E-state index in [0.29, 0.717) is 44.5 Å². The summed E-state index contributed by atoms with van der Waals surface area (Å²) in [6, 6.07) is 5.37. The molecule has 0 aliphatic rings. The van der Waals surface area contributed by atoms with Gasteiger partial charge >= 0.3 is 0 Å². The largest absolute Gasteiger partial charge is 0.337 e. The van der Waals surface area contributed by atoms with Crippen molar-refractivity contribution in [3.05, 3.63) is 47.0 Å². The van der Waals surface area contributed by atoms with Crippen molar-refractivity contribution in [2.24, 2.45) is 7.05 Å². The number of nitrogens with zero attached hydrogens (tertiary/aromatic N) is 7. The molecule has 166 valence electrons. The molecule has 0 fully saturated rings. The van der Waals surface area contributed by atoms with Crippen molar-refractivity contribution < 1.29 is 8.42 Å². The molecule has 0 saturated heterocycles. The highest BCUT2D eigenvalue weighted by Crippen LogP contribution is 2.36. The molecule has 2 N–H and O–H groups in total. The van der Waals surface area contributed by atoms with Crippen molar-refractivity contribution in [2.75, 3.05) is 28.2 Å². The molecule has 0 bridgehead atoms. The van der Waals surface area contributed by atoms with Gasteiger partial charge in [-0.3, -0.25) is 19.0 Å². The highest BCUT2D eigenvalue weighted by atomic mass is 79.9. The highest BCUT2D eigenvalue weighted by Gasteiger charge is 2.21. The van der Waals surface area contributed by atoms with Crippen molar-refractivity contribution in [1.82, 2.24) is 29.7 Å². The second-order valence-corrected chi connectivity index (χ2v) is 9.92. The predicted molar refractivity (Wildman–Crippen MR) is 127 cm³/mol. The van der Waals surface area contributed by atoms with Gasteiger partial charge in [0.1, 0.15) is 17.0 Å². The maximum Gasteiger partial charge on any atom is 0.232 e. The smallest absolute Gasteiger partial charge is 0.232 e. The van der Waals surface area contributed by atoms with Crippen LogP contribution in [0.25, 0.3) is 11.0 Å². The van der Waals surface area contributed by atoms with Crippen molar-refractivity contribution in [2.45, 2.75) is 6.92 Å². The molecule has 11 nitrogen and oxygen atoms in total. The van der Waals surface area contributed by atoms with Gasteiger partial charge < -0.3 is 10.6 Å². The van der Waals surface area contributed by atoms with E-state index in [1.165, 1.54) is 13.2 Å². The summed E-state index contributed by atoms with van der Waals surface area (Å²) in [4.78, 5) is 17.4. The van der Waals surface area contributed by atoms with Crippen molar-refractivity contribution in [3.63, 3.8) is 0 Å². The number of aromatic nitrogens is 6. The quantitative estimate of drug-likeness (QED) is 0.395. The third-order valence-electron chi connectivity index (χ3n) is 4.78. The lowest BCUT2D eigenvalue weighted by Crippen LogP contribution is -2.26. The number of hydrogen-bond donors (Lipinski definition) is 2. The first-order valence-corrected chi connectivity index (χ1v) is 12.0. The summed E-state index contributed by atoms with van der Waals surface area (Å²) in [5.41, 5.74) is 2.84. The molecule has 4 rings (SSSR count). The Hall–Kier alpha value is -3.32. The summed E-state index contributed by atoms with van der Waals surface area (Å²) in [5, 5.41) is 10.6. The fraction of sp³-hybridized carbons (Fsp3) is 0.211. The van der Waals surface area contributed by atoms with E-state index in [1.54, 1.807) is 29.2 Å². The van der Waals surface area contributed by atoms with Crippen LogP contribution in [0.5, 0.6) is 0 Å². The lowest BCUT2D eigenvalue weighted by atomic mass is 10.2. The molecule has 0 aliphatic carbocycles. The van der Waals surface area contributed by atoms with Crippen LogP contribution in [0.1, 0.15) is 5.69 Å². The summed E-state index contributed by atoms with van der Waals surface area (Å²) < 4.78 is 28.2. The monoisotopic (exact) mass is 517 g/mol. The van der Waals surface area contributed by atoms with Crippen molar-refractivity contribution in [3.8, 4) is 0 Å². The van der Waals surface area contributed by atoms with E-state index >= 15 is 0 Å². The normalized spacial score (nSPS) is 11.5. The Labute approximate surface area is 193 Å². The van der Waals surface area contributed by atoms with Crippen LogP contribution in [-0.2, 0) is 17.1 Å². The number of rotatable bonds is 6. The van der Waals surface area contributed by atoms with Crippen LogP contribution in [0.2, 0.25) is 0 Å². The van der Waals surface area contributed by atoms with E-state index in [-0.39, 0.29) is 0 Å². The fourth-order valence-electron chi connectivity index (χ4n) is 2.99. The van der Waals surface area contributed by atoms with Crippen LogP contribution in [0.4, 0.5) is 29.0 Å². The number of halogens is 1. The molecule has 0 amide bonds. The number of sulfonamides is 1. The third-order valence-corrected chi connectivity index (χ3v) is 6.53. The number of nitrogens with one attached hydrogen (secondary N) is 2. The summed E-state index contributed by atoms with van der Waals surface area (Å²) in [7, 11) is -0.251. The van der Waals surface area contributed by atoms with Gasteiger partial charge in [0.05, 0.1) is 21.9 Å². The molecule has 4 aromatic rings. The summed E-state index contributed by atoms with van der Waals surface area (Å²) >= 11 is 3.45. The number of hydrogen-bond acceptors (Lipinski definition) is 9. The maximum atomic E-state index is 12.3. The fourth-order valence-corrected chi connectivity index (χ4v) is 3.79. The van der Waals surface area contributed by atoms with Gasteiger partial charge in [-0.2, -0.15) is 10.1 Å². The lowest BCUT2D eigenvalue weighted by molar-refractivity contribution is 0.600. The number of aryl methyl sites for hydroxylation is 2. The molecule has 0 saturated carbocycles. The van der Waals surface area contributed by atoms with Gasteiger partial charge in [-0.25, -0.2) is 13.4 Å². The molecule has 3 heterocycles. The summed E-state index contributed by atoms with van der Waals surface area (Å²) in [6.45, 7) is 1.94. The van der Waals surface area contributed by atoms with Crippen molar-refractivity contribution in [1.29, 1.82) is 0 Å². The molecule has 3 aromatic heterocycles. The lowest BCUT2D eigenvalue weighted by Gasteiger charge is -2.22. The Bertz CT molecular complexity index is 1400. The van der Waals surface area contributed by atoms with Gasteiger partial charge in [0, 0.05) is 44.4 Å². The van der Waals surface area contributed by atoms with Crippen LogP contribution < -0.4 is 14.9 Å². The topological polar surface area (TPSA) is 131 Å². The van der Waals surface area contributed by atoms with Crippen LogP contribution >= 0.6 is 15.9 Å². The second kappa shape index (κ2) is 8.31. The highest BCUT2D eigenvalue weighted by molar-refractivity contribution is 9.10.